The number of carbonyl (C=O) groups excluding carboxylic acids is 3. The zero-order chi connectivity index (χ0) is 22.7. The van der Waals surface area contributed by atoms with Crippen LogP contribution in [0, 0.1) is 0 Å². The molecule has 0 bridgehead atoms. The Kier molecular flexibility index (Phi) is 10.3. The molecule has 1 aromatic heterocycles. The van der Waals surface area contributed by atoms with Crippen molar-refractivity contribution in [1.82, 2.24) is 25.9 Å². The van der Waals surface area contributed by atoms with Crippen molar-refractivity contribution in [2.24, 2.45) is 5.73 Å². The van der Waals surface area contributed by atoms with Crippen molar-refractivity contribution in [3.05, 3.63) is 18.2 Å². The standard InChI is InChI=1S/C16H24N6O7S/c17-9(3-8-4-18-7-20-8)14(27)22-11(6-30)16(29)21-10(1-2-12(23)24)15(28)19-5-13(25)26/h4,7,9-11,30H,1-3,5-6,17H2,(H,18,20)(H,19,28)(H,21,29)(H,22,27)(H,23,24)(H,25,26). The average molecular weight is 444 g/mol. The molecule has 0 aliphatic carbocycles. The van der Waals surface area contributed by atoms with Gasteiger partial charge in [0.25, 0.3) is 0 Å². The van der Waals surface area contributed by atoms with E-state index >= 15 is 0 Å². The number of H-pyrrole nitrogens is 1. The Morgan fingerprint density at radius 3 is 2.27 bits per heavy atom. The van der Waals surface area contributed by atoms with E-state index in [0.717, 1.165) is 0 Å². The summed E-state index contributed by atoms with van der Waals surface area (Å²) in [5.74, 6) is -4.95. The molecule has 3 unspecified atom stereocenters. The van der Waals surface area contributed by atoms with Crippen LogP contribution in [0.4, 0.5) is 0 Å². The number of nitrogens with zero attached hydrogens (tertiary/aromatic N) is 1. The first kappa shape index (κ1) is 24.9. The van der Waals surface area contributed by atoms with Gasteiger partial charge in [0.1, 0.15) is 18.6 Å². The summed E-state index contributed by atoms with van der Waals surface area (Å²) in [6, 6.07) is -3.46. The maximum atomic E-state index is 12.5. The van der Waals surface area contributed by atoms with Crippen LogP contribution >= 0.6 is 12.6 Å². The Bertz CT molecular complexity index is 757. The number of carbonyl (C=O) groups is 5. The van der Waals surface area contributed by atoms with E-state index in [2.05, 4.69) is 38.5 Å². The van der Waals surface area contributed by atoms with Gasteiger partial charge in [-0.15, -0.1) is 0 Å². The molecule has 13 nitrogen and oxygen atoms in total. The summed E-state index contributed by atoms with van der Waals surface area (Å²) in [6.07, 6.45) is 2.35. The second-order valence-electron chi connectivity index (χ2n) is 6.24. The van der Waals surface area contributed by atoms with Crippen LogP contribution in [0.25, 0.3) is 0 Å². The highest BCUT2D eigenvalue weighted by atomic mass is 32.1. The second-order valence-corrected chi connectivity index (χ2v) is 6.60. The van der Waals surface area contributed by atoms with E-state index in [1.807, 2.05) is 0 Å². The molecule has 0 spiro atoms. The number of imidazole rings is 1. The predicted molar refractivity (Wildman–Crippen MR) is 105 cm³/mol. The highest BCUT2D eigenvalue weighted by Gasteiger charge is 2.28. The molecule has 8 N–H and O–H groups in total. The van der Waals surface area contributed by atoms with Crippen molar-refractivity contribution < 1.29 is 34.2 Å². The lowest BCUT2D eigenvalue weighted by Gasteiger charge is -2.22. The number of aliphatic carboxylic acids is 2. The summed E-state index contributed by atoms with van der Waals surface area (Å²) in [5.41, 5.74) is 6.43. The number of thiol groups is 1. The number of hydrogen-bond donors (Lipinski definition) is 8. The summed E-state index contributed by atoms with van der Waals surface area (Å²) in [7, 11) is 0. The van der Waals surface area contributed by atoms with Crippen LogP contribution in [0.3, 0.4) is 0 Å². The van der Waals surface area contributed by atoms with Gasteiger partial charge in [0, 0.05) is 30.5 Å². The number of hydrogen-bond acceptors (Lipinski definition) is 8. The fourth-order valence-corrected chi connectivity index (χ4v) is 2.55. The summed E-state index contributed by atoms with van der Waals surface area (Å²) in [4.78, 5) is 64.8. The third kappa shape index (κ3) is 8.91. The van der Waals surface area contributed by atoms with Crippen LogP contribution in [-0.2, 0) is 30.4 Å². The summed E-state index contributed by atoms with van der Waals surface area (Å²) in [6.45, 7) is -0.701. The predicted octanol–water partition coefficient (Wildman–Crippen LogP) is -2.76. The molecule has 166 valence electrons. The van der Waals surface area contributed by atoms with E-state index < -0.39 is 60.8 Å². The van der Waals surface area contributed by atoms with Gasteiger partial charge in [-0.1, -0.05) is 0 Å². The van der Waals surface area contributed by atoms with Gasteiger partial charge in [0.05, 0.1) is 12.4 Å². The number of amides is 3. The Hall–Kier alpha value is -3.13. The molecule has 0 aliphatic rings. The summed E-state index contributed by atoms with van der Waals surface area (Å²) >= 11 is 4.01. The second kappa shape index (κ2) is 12.4. The fraction of sp³-hybridized carbons (Fsp3) is 0.500. The Labute approximate surface area is 176 Å². The fourth-order valence-electron chi connectivity index (χ4n) is 2.29. The van der Waals surface area contributed by atoms with Gasteiger partial charge in [0.2, 0.25) is 17.7 Å². The number of nitrogens with two attached hydrogens (primary N) is 1. The molecular weight excluding hydrogens is 420 g/mol. The van der Waals surface area contributed by atoms with Crippen LogP contribution in [-0.4, -0.2) is 80.3 Å². The SMILES string of the molecule is NC(Cc1cnc[nH]1)C(=O)NC(CS)C(=O)NC(CCC(=O)O)C(=O)NCC(=O)O. The Balaban J connectivity index is 2.72. The molecule has 14 heteroatoms. The highest BCUT2D eigenvalue weighted by Crippen LogP contribution is 2.02. The molecule has 1 rings (SSSR count). The van der Waals surface area contributed by atoms with E-state index in [-0.39, 0.29) is 18.6 Å². The number of carboxylic acid groups (broad SMARTS) is 2. The van der Waals surface area contributed by atoms with E-state index in [0.29, 0.717) is 5.69 Å². The average Bonchev–Trinajstić information content (AvgIpc) is 3.19. The van der Waals surface area contributed by atoms with E-state index in [1.165, 1.54) is 12.5 Å². The molecule has 1 aromatic rings. The zero-order valence-electron chi connectivity index (χ0n) is 15.8. The van der Waals surface area contributed by atoms with Gasteiger partial charge in [-0.3, -0.25) is 24.0 Å². The van der Waals surface area contributed by atoms with Crippen LogP contribution in [0.5, 0.6) is 0 Å². The molecule has 0 saturated heterocycles. The van der Waals surface area contributed by atoms with Gasteiger partial charge in [0.15, 0.2) is 0 Å². The van der Waals surface area contributed by atoms with Crippen molar-refractivity contribution in [3.8, 4) is 0 Å². The van der Waals surface area contributed by atoms with Crippen molar-refractivity contribution in [1.29, 1.82) is 0 Å². The van der Waals surface area contributed by atoms with Crippen LogP contribution in [0.1, 0.15) is 18.5 Å². The number of carboxylic acids is 2. The number of rotatable bonds is 13. The first-order valence-electron chi connectivity index (χ1n) is 8.79. The topological polar surface area (TPSA) is 217 Å². The minimum Gasteiger partial charge on any atom is -0.481 e. The maximum absolute atomic E-state index is 12.5. The minimum atomic E-state index is -1.31. The molecule has 1 heterocycles. The van der Waals surface area contributed by atoms with Gasteiger partial charge in [-0.25, -0.2) is 4.98 Å². The molecular formula is C16H24N6O7S. The molecule has 0 fully saturated rings. The molecule has 0 aromatic carbocycles. The van der Waals surface area contributed by atoms with E-state index in [4.69, 9.17) is 15.9 Å². The third-order valence-electron chi connectivity index (χ3n) is 3.84. The zero-order valence-corrected chi connectivity index (χ0v) is 16.7. The summed E-state index contributed by atoms with van der Waals surface area (Å²) in [5, 5.41) is 24.2. The third-order valence-corrected chi connectivity index (χ3v) is 4.21. The van der Waals surface area contributed by atoms with Gasteiger partial charge < -0.3 is 36.9 Å². The monoisotopic (exact) mass is 444 g/mol. The van der Waals surface area contributed by atoms with Gasteiger partial charge in [-0.2, -0.15) is 12.6 Å². The van der Waals surface area contributed by atoms with Crippen molar-refractivity contribution >= 4 is 42.3 Å². The van der Waals surface area contributed by atoms with E-state index in [1.54, 1.807) is 0 Å². The normalized spacial score (nSPS) is 13.5. The van der Waals surface area contributed by atoms with Crippen LogP contribution in [0.15, 0.2) is 12.5 Å². The first-order valence-corrected chi connectivity index (χ1v) is 9.43. The Morgan fingerprint density at radius 2 is 1.73 bits per heavy atom. The van der Waals surface area contributed by atoms with Crippen LogP contribution in [0.2, 0.25) is 0 Å². The molecule has 3 atom stereocenters. The first-order chi connectivity index (χ1) is 14.1. The van der Waals surface area contributed by atoms with Crippen molar-refractivity contribution in [2.75, 3.05) is 12.3 Å². The van der Waals surface area contributed by atoms with Gasteiger partial charge in [-0.05, 0) is 6.42 Å². The van der Waals surface area contributed by atoms with E-state index in [9.17, 15) is 24.0 Å². The number of nitrogens with one attached hydrogen (secondary N) is 4. The van der Waals surface area contributed by atoms with Crippen molar-refractivity contribution in [2.45, 2.75) is 37.4 Å². The minimum absolute atomic E-state index is 0.128. The molecule has 0 radical (unpaired) electrons. The largest absolute Gasteiger partial charge is 0.481 e. The molecule has 0 saturated carbocycles. The lowest BCUT2D eigenvalue weighted by molar-refractivity contribution is -0.140. The number of aromatic nitrogens is 2. The van der Waals surface area contributed by atoms with Gasteiger partial charge >= 0.3 is 11.9 Å². The summed E-state index contributed by atoms with van der Waals surface area (Å²) < 4.78 is 0. The molecule has 3 amide bonds. The quantitative estimate of drug-likeness (QED) is 0.148. The lowest BCUT2D eigenvalue weighted by Crippen LogP contribution is -2.57. The lowest BCUT2D eigenvalue weighted by atomic mass is 10.1. The van der Waals surface area contributed by atoms with Crippen LogP contribution < -0.4 is 21.7 Å². The molecule has 30 heavy (non-hydrogen) atoms. The number of aromatic amines is 1. The maximum Gasteiger partial charge on any atom is 0.322 e. The Morgan fingerprint density at radius 1 is 1.07 bits per heavy atom. The highest BCUT2D eigenvalue weighted by molar-refractivity contribution is 7.80. The molecule has 0 aliphatic heterocycles. The smallest absolute Gasteiger partial charge is 0.322 e. The van der Waals surface area contributed by atoms with Crippen molar-refractivity contribution in [3.63, 3.8) is 0 Å².